The molecule has 0 aromatic carbocycles. The summed E-state index contributed by atoms with van der Waals surface area (Å²) in [5.41, 5.74) is 0. The third kappa shape index (κ3) is 0.843. The molecule has 3 aliphatic rings. The Labute approximate surface area is 75.7 Å². The smallest absolute Gasteiger partial charge is 0.0329 e. The molecule has 0 radical (unpaired) electrons. The first-order valence-electron chi connectivity index (χ1n) is 5.86. The average molecular weight is 164 g/mol. The van der Waals surface area contributed by atoms with Crippen LogP contribution in [0.25, 0.3) is 0 Å². The summed E-state index contributed by atoms with van der Waals surface area (Å²) in [4.78, 5) is 0. The fourth-order valence-electron chi connectivity index (χ4n) is 4.63. The van der Waals surface area contributed by atoms with E-state index < -0.39 is 0 Å². The largest absolute Gasteiger partial charge is 0.0622 e. The second kappa shape index (κ2) is 2.49. The normalized spacial score (nSPS) is 57.2. The Bertz CT molecular complexity index is 184. The van der Waals surface area contributed by atoms with Gasteiger partial charge in [-0.1, -0.05) is 26.2 Å². The summed E-state index contributed by atoms with van der Waals surface area (Å²) in [6, 6.07) is 0. The van der Waals surface area contributed by atoms with E-state index >= 15 is 0 Å². The summed E-state index contributed by atoms with van der Waals surface area (Å²) < 4.78 is 0. The van der Waals surface area contributed by atoms with Gasteiger partial charge in [-0.05, 0) is 48.9 Å². The Morgan fingerprint density at radius 2 is 1.83 bits per heavy atom. The highest BCUT2D eigenvalue weighted by atomic mass is 14.5. The molecule has 0 aromatic rings. The molecule has 0 N–H and O–H groups in total. The van der Waals surface area contributed by atoms with Crippen molar-refractivity contribution in [3.63, 3.8) is 0 Å². The van der Waals surface area contributed by atoms with Crippen LogP contribution in [0.15, 0.2) is 0 Å². The van der Waals surface area contributed by atoms with E-state index in [0.29, 0.717) is 0 Å². The first kappa shape index (κ1) is 7.41. The maximum atomic E-state index is 2.51. The fourth-order valence-corrected chi connectivity index (χ4v) is 4.63. The molecule has 68 valence electrons. The fraction of sp³-hybridized carbons (Fsp3) is 1.00. The predicted octanol–water partition coefficient (Wildman–Crippen LogP) is 3.47. The van der Waals surface area contributed by atoms with Crippen LogP contribution >= 0.6 is 0 Å². The standard InChI is InChI=1S/C12H20/c1-8-5-6-10-7-9-3-2-4-11(9)12(8)10/h8-12H,2-7H2,1H3/t8-,9-,10+,11-,12+/m0/s1. The summed E-state index contributed by atoms with van der Waals surface area (Å²) >= 11 is 0. The second-order valence-corrected chi connectivity index (χ2v) is 5.48. The summed E-state index contributed by atoms with van der Waals surface area (Å²) in [6.45, 7) is 2.51. The van der Waals surface area contributed by atoms with Crippen molar-refractivity contribution in [1.82, 2.24) is 0 Å². The Balaban J connectivity index is 1.85. The van der Waals surface area contributed by atoms with E-state index in [2.05, 4.69) is 6.92 Å². The number of fused-ring (bicyclic) bond motifs is 3. The first-order chi connectivity index (χ1) is 5.86. The zero-order valence-corrected chi connectivity index (χ0v) is 8.13. The van der Waals surface area contributed by atoms with Crippen molar-refractivity contribution in [3.05, 3.63) is 0 Å². The molecule has 0 spiro atoms. The number of rotatable bonds is 0. The van der Waals surface area contributed by atoms with E-state index in [-0.39, 0.29) is 0 Å². The first-order valence-corrected chi connectivity index (χ1v) is 5.86. The quantitative estimate of drug-likeness (QED) is 0.514. The van der Waals surface area contributed by atoms with Gasteiger partial charge in [0.05, 0.1) is 0 Å². The van der Waals surface area contributed by atoms with E-state index in [4.69, 9.17) is 0 Å². The second-order valence-electron chi connectivity index (χ2n) is 5.48. The highest BCUT2D eigenvalue weighted by Gasteiger charge is 2.49. The molecule has 0 heteroatoms. The van der Waals surface area contributed by atoms with E-state index in [1.54, 1.807) is 38.5 Å². The van der Waals surface area contributed by atoms with E-state index in [1.165, 1.54) is 11.8 Å². The third-order valence-electron chi connectivity index (χ3n) is 5.01. The molecule has 12 heavy (non-hydrogen) atoms. The Kier molecular flexibility index (Phi) is 1.54. The van der Waals surface area contributed by atoms with Crippen LogP contribution in [0.3, 0.4) is 0 Å². The topological polar surface area (TPSA) is 0 Å². The third-order valence-corrected chi connectivity index (χ3v) is 5.01. The summed E-state index contributed by atoms with van der Waals surface area (Å²) in [5, 5.41) is 0. The molecule has 3 rings (SSSR count). The van der Waals surface area contributed by atoms with Crippen molar-refractivity contribution in [2.24, 2.45) is 29.6 Å². The van der Waals surface area contributed by atoms with Gasteiger partial charge in [0.2, 0.25) is 0 Å². The maximum absolute atomic E-state index is 2.51. The maximum Gasteiger partial charge on any atom is -0.0329 e. The Hall–Kier alpha value is 0. The number of hydrogen-bond acceptors (Lipinski definition) is 0. The van der Waals surface area contributed by atoms with Crippen LogP contribution < -0.4 is 0 Å². The molecule has 0 aliphatic heterocycles. The van der Waals surface area contributed by atoms with E-state index in [0.717, 1.165) is 17.8 Å². The Morgan fingerprint density at radius 3 is 2.75 bits per heavy atom. The van der Waals surface area contributed by atoms with Crippen molar-refractivity contribution < 1.29 is 0 Å². The molecule has 0 amide bonds. The van der Waals surface area contributed by atoms with Crippen LogP contribution in [0.2, 0.25) is 0 Å². The van der Waals surface area contributed by atoms with Gasteiger partial charge in [-0.3, -0.25) is 0 Å². The van der Waals surface area contributed by atoms with Gasteiger partial charge in [0.25, 0.3) is 0 Å². The van der Waals surface area contributed by atoms with Crippen molar-refractivity contribution in [1.29, 1.82) is 0 Å². The van der Waals surface area contributed by atoms with Gasteiger partial charge in [-0.2, -0.15) is 0 Å². The van der Waals surface area contributed by atoms with Gasteiger partial charge in [-0.25, -0.2) is 0 Å². The molecule has 3 fully saturated rings. The van der Waals surface area contributed by atoms with E-state index in [1.807, 2.05) is 0 Å². The lowest BCUT2D eigenvalue weighted by molar-refractivity contribution is 0.270. The highest BCUT2D eigenvalue weighted by molar-refractivity contribution is 4.99. The predicted molar refractivity (Wildman–Crippen MR) is 50.8 cm³/mol. The van der Waals surface area contributed by atoms with Crippen LogP contribution in [-0.2, 0) is 0 Å². The Morgan fingerprint density at radius 1 is 0.917 bits per heavy atom. The molecule has 0 unspecified atom stereocenters. The zero-order chi connectivity index (χ0) is 8.13. The van der Waals surface area contributed by atoms with Crippen molar-refractivity contribution in [3.8, 4) is 0 Å². The van der Waals surface area contributed by atoms with Crippen molar-refractivity contribution >= 4 is 0 Å². The van der Waals surface area contributed by atoms with Gasteiger partial charge in [0, 0.05) is 0 Å². The van der Waals surface area contributed by atoms with Crippen LogP contribution in [0, 0.1) is 29.6 Å². The molecular formula is C12H20. The van der Waals surface area contributed by atoms with E-state index in [9.17, 15) is 0 Å². The lowest BCUT2D eigenvalue weighted by Crippen LogP contribution is -2.15. The average Bonchev–Trinajstić information content (AvgIpc) is 2.61. The molecule has 5 atom stereocenters. The minimum atomic E-state index is 1.07. The molecule has 0 aromatic heterocycles. The van der Waals surface area contributed by atoms with Crippen LogP contribution in [-0.4, -0.2) is 0 Å². The summed E-state index contributed by atoms with van der Waals surface area (Å²) in [7, 11) is 0. The molecule has 0 saturated heterocycles. The molecule has 3 saturated carbocycles. The minimum absolute atomic E-state index is 1.07. The lowest BCUT2D eigenvalue weighted by atomic mass is 9.84. The van der Waals surface area contributed by atoms with Gasteiger partial charge in [0.15, 0.2) is 0 Å². The summed E-state index contributed by atoms with van der Waals surface area (Å²) in [6.07, 6.45) is 9.42. The highest BCUT2D eigenvalue weighted by Crippen LogP contribution is 2.58. The van der Waals surface area contributed by atoms with Crippen LogP contribution in [0.1, 0.15) is 45.4 Å². The molecular weight excluding hydrogens is 144 g/mol. The van der Waals surface area contributed by atoms with Gasteiger partial charge < -0.3 is 0 Å². The SMILES string of the molecule is C[C@H]1CC[C@@H]2C[C@@H]3CCC[C@@H]3[C@@H]21. The molecule has 0 bridgehead atoms. The van der Waals surface area contributed by atoms with Crippen molar-refractivity contribution in [2.75, 3.05) is 0 Å². The van der Waals surface area contributed by atoms with Gasteiger partial charge in [-0.15, -0.1) is 0 Å². The van der Waals surface area contributed by atoms with Gasteiger partial charge in [0.1, 0.15) is 0 Å². The summed E-state index contributed by atoms with van der Waals surface area (Å²) in [5.74, 6) is 5.74. The van der Waals surface area contributed by atoms with Crippen LogP contribution in [0.5, 0.6) is 0 Å². The molecule has 0 nitrogen and oxygen atoms in total. The monoisotopic (exact) mass is 164 g/mol. The van der Waals surface area contributed by atoms with Crippen molar-refractivity contribution in [2.45, 2.75) is 45.4 Å². The zero-order valence-electron chi connectivity index (χ0n) is 8.13. The van der Waals surface area contributed by atoms with Gasteiger partial charge >= 0.3 is 0 Å². The lowest BCUT2D eigenvalue weighted by Gasteiger charge is -2.21. The van der Waals surface area contributed by atoms with Crippen LogP contribution in [0.4, 0.5) is 0 Å². The number of hydrogen-bond donors (Lipinski definition) is 0. The molecule has 3 aliphatic carbocycles. The molecule has 0 heterocycles. The minimum Gasteiger partial charge on any atom is -0.0622 e.